The first-order valence-corrected chi connectivity index (χ1v) is 10.6. The predicted octanol–water partition coefficient (Wildman–Crippen LogP) is 3.65. The molecule has 2 N–H and O–H groups in total. The van der Waals surface area contributed by atoms with Crippen molar-refractivity contribution >= 4 is 33.7 Å². The fourth-order valence-corrected chi connectivity index (χ4v) is 3.99. The number of aryl methyl sites for hydroxylation is 1. The van der Waals surface area contributed by atoms with Crippen molar-refractivity contribution in [3.8, 4) is 22.9 Å². The van der Waals surface area contributed by atoms with Gasteiger partial charge in [-0.05, 0) is 27.1 Å². The Hall–Kier alpha value is -2.47. The number of terminal acetylenes is 1. The lowest BCUT2D eigenvalue weighted by molar-refractivity contribution is -0.120. The van der Waals surface area contributed by atoms with E-state index < -0.39 is 0 Å². The van der Waals surface area contributed by atoms with Crippen molar-refractivity contribution in [3.63, 3.8) is 0 Å². The summed E-state index contributed by atoms with van der Waals surface area (Å²) < 4.78 is 0. The van der Waals surface area contributed by atoms with Gasteiger partial charge in [-0.15, -0.1) is 29.1 Å². The van der Waals surface area contributed by atoms with E-state index in [4.69, 9.17) is 6.42 Å². The number of rotatable bonds is 9. The number of anilines is 1. The number of hydrogen-bond acceptors (Lipinski definition) is 7. The zero-order valence-corrected chi connectivity index (χ0v) is 18.2. The fourth-order valence-electron chi connectivity index (χ4n) is 2.23. The first-order valence-electron chi connectivity index (χ1n) is 8.86. The van der Waals surface area contributed by atoms with Crippen molar-refractivity contribution in [2.45, 2.75) is 26.8 Å². The molecular weight excluding hydrogens is 390 g/mol. The van der Waals surface area contributed by atoms with Gasteiger partial charge in [0.2, 0.25) is 5.91 Å². The van der Waals surface area contributed by atoms with Gasteiger partial charge in [0.25, 0.3) is 0 Å². The summed E-state index contributed by atoms with van der Waals surface area (Å²) in [6, 6.07) is 0. The van der Waals surface area contributed by atoms with Crippen LogP contribution in [-0.4, -0.2) is 41.4 Å². The number of nitrogens with zero attached hydrogens (tertiary/aromatic N) is 3. The molecule has 0 aliphatic heterocycles. The highest BCUT2D eigenvalue weighted by molar-refractivity contribution is 7.16. The van der Waals surface area contributed by atoms with Gasteiger partial charge in [0.1, 0.15) is 5.01 Å². The molecule has 0 aliphatic rings. The smallest absolute Gasteiger partial charge is 0.220 e. The number of allylic oxidation sites excluding steroid dienone is 2. The van der Waals surface area contributed by atoms with Gasteiger partial charge in [-0.1, -0.05) is 18.9 Å². The summed E-state index contributed by atoms with van der Waals surface area (Å²) in [7, 11) is 4.02. The normalized spacial score (nSPS) is 11.8. The third kappa shape index (κ3) is 6.60. The molecule has 148 valence electrons. The number of aromatic nitrogens is 2. The summed E-state index contributed by atoms with van der Waals surface area (Å²) in [5.74, 6) is 2.57. The first kappa shape index (κ1) is 21.8. The summed E-state index contributed by atoms with van der Waals surface area (Å²) in [6.45, 7) is 5.05. The second kappa shape index (κ2) is 10.8. The quantitative estimate of drug-likeness (QED) is 0.483. The third-order valence-corrected chi connectivity index (χ3v) is 5.53. The van der Waals surface area contributed by atoms with Gasteiger partial charge in [0, 0.05) is 30.1 Å². The highest BCUT2D eigenvalue weighted by atomic mass is 32.1. The van der Waals surface area contributed by atoms with E-state index in [1.165, 1.54) is 11.3 Å². The van der Waals surface area contributed by atoms with Crippen molar-refractivity contribution in [1.29, 1.82) is 0 Å². The molecule has 0 atom stereocenters. The number of thiazole rings is 2. The molecule has 2 aromatic heterocycles. The van der Waals surface area contributed by atoms with Crippen LogP contribution in [0.25, 0.3) is 10.6 Å². The van der Waals surface area contributed by atoms with Gasteiger partial charge in [0.15, 0.2) is 5.13 Å². The Kier molecular flexibility index (Phi) is 8.39. The van der Waals surface area contributed by atoms with Gasteiger partial charge < -0.3 is 15.5 Å². The van der Waals surface area contributed by atoms with Crippen LogP contribution in [0.4, 0.5) is 5.13 Å². The fraction of sp³-hybridized carbons (Fsp3) is 0.350. The minimum atomic E-state index is 0.0182. The molecule has 0 saturated carbocycles. The van der Waals surface area contributed by atoms with Gasteiger partial charge in [-0.3, -0.25) is 4.79 Å². The lowest BCUT2D eigenvalue weighted by Gasteiger charge is -2.05. The van der Waals surface area contributed by atoms with Crippen LogP contribution >= 0.6 is 22.7 Å². The maximum absolute atomic E-state index is 11.4. The van der Waals surface area contributed by atoms with Crippen molar-refractivity contribution in [2.75, 3.05) is 26.0 Å². The molecule has 0 bridgehead atoms. The van der Waals surface area contributed by atoms with Crippen LogP contribution in [0.3, 0.4) is 0 Å². The van der Waals surface area contributed by atoms with Gasteiger partial charge >= 0.3 is 0 Å². The van der Waals surface area contributed by atoms with Crippen molar-refractivity contribution < 1.29 is 4.79 Å². The maximum atomic E-state index is 11.4. The Bertz CT molecular complexity index is 902. The van der Waals surface area contributed by atoms with Crippen LogP contribution in [-0.2, 0) is 11.3 Å². The second-order valence-electron chi connectivity index (χ2n) is 6.25. The number of nitrogens with one attached hydrogen (secondary N) is 2. The Morgan fingerprint density at radius 3 is 2.86 bits per heavy atom. The lowest BCUT2D eigenvalue weighted by Crippen LogP contribution is -2.21. The number of amides is 1. The van der Waals surface area contributed by atoms with Crippen LogP contribution in [0.5, 0.6) is 0 Å². The van der Waals surface area contributed by atoms with Crippen LogP contribution in [0.1, 0.15) is 24.0 Å². The molecule has 2 rings (SSSR count). The first-order chi connectivity index (χ1) is 13.4. The summed E-state index contributed by atoms with van der Waals surface area (Å²) in [6.07, 6.45) is 11.6. The standard InChI is InChI=1S/C20H25N5OS2/c1-6-9-15(10-8-11-25(4)5)23-20-24-16(13-27-20)19-14(3)22-18(28-19)12-21-17(26)7-2/h1,8-10,13H,7,11-12H2,2-5H3,(H,21,26)(H,23,24)/b10-8-,15-9+. The van der Waals surface area contributed by atoms with E-state index in [-0.39, 0.29) is 5.91 Å². The van der Waals surface area contributed by atoms with Crippen LogP contribution in [0.15, 0.2) is 29.3 Å². The topological polar surface area (TPSA) is 70.2 Å². The van der Waals surface area contributed by atoms with E-state index in [9.17, 15) is 4.79 Å². The Morgan fingerprint density at radius 2 is 2.18 bits per heavy atom. The van der Waals surface area contributed by atoms with E-state index in [0.29, 0.717) is 13.0 Å². The summed E-state index contributed by atoms with van der Waals surface area (Å²) >= 11 is 3.06. The number of carbonyl (C=O) groups is 1. The Morgan fingerprint density at radius 1 is 1.39 bits per heavy atom. The van der Waals surface area contributed by atoms with Crippen LogP contribution < -0.4 is 10.6 Å². The Balaban J connectivity index is 2.10. The lowest BCUT2D eigenvalue weighted by atomic mass is 10.3. The van der Waals surface area contributed by atoms with Crippen LogP contribution in [0.2, 0.25) is 0 Å². The zero-order chi connectivity index (χ0) is 20.5. The minimum Gasteiger partial charge on any atom is -0.350 e. The highest BCUT2D eigenvalue weighted by Crippen LogP contribution is 2.32. The van der Waals surface area contributed by atoms with Crippen molar-refractivity contribution in [1.82, 2.24) is 20.2 Å². The molecule has 8 heteroatoms. The van der Waals surface area contributed by atoms with Crippen molar-refractivity contribution in [2.24, 2.45) is 0 Å². The van der Waals surface area contributed by atoms with E-state index in [1.807, 2.05) is 45.5 Å². The number of hydrogen-bond donors (Lipinski definition) is 2. The second-order valence-corrected chi connectivity index (χ2v) is 8.19. The molecule has 6 nitrogen and oxygen atoms in total. The summed E-state index contributed by atoms with van der Waals surface area (Å²) in [4.78, 5) is 23.7. The monoisotopic (exact) mass is 415 g/mol. The molecule has 0 unspecified atom stereocenters. The van der Waals surface area contributed by atoms with Crippen LogP contribution in [0, 0.1) is 19.3 Å². The molecule has 0 aromatic carbocycles. The van der Waals surface area contributed by atoms with Gasteiger partial charge in [0.05, 0.1) is 22.8 Å². The van der Waals surface area contributed by atoms with E-state index in [2.05, 4.69) is 31.4 Å². The predicted molar refractivity (Wildman–Crippen MR) is 118 cm³/mol. The molecule has 0 saturated heterocycles. The molecule has 0 spiro atoms. The molecule has 1 amide bonds. The van der Waals surface area contributed by atoms with E-state index in [0.717, 1.165) is 38.6 Å². The molecular formula is C20H25N5OS2. The molecule has 0 fully saturated rings. The molecule has 2 heterocycles. The molecule has 0 aliphatic carbocycles. The SMILES string of the molecule is C#C/C=C(\C=C/CN(C)C)Nc1nc(-c2sc(CNC(=O)CC)nc2C)cs1. The molecule has 0 radical (unpaired) electrons. The largest absolute Gasteiger partial charge is 0.350 e. The maximum Gasteiger partial charge on any atom is 0.220 e. The van der Waals surface area contributed by atoms with E-state index >= 15 is 0 Å². The summed E-state index contributed by atoms with van der Waals surface area (Å²) in [5.41, 5.74) is 2.59. The average Bonchev–Trinajstić information content (AvgIpc) is 3.25. The van der Waals surface area contributed by atoms with Gasteiger partial charge in [-0.25, -0.2) is 9.97 Å². The number of likely N-dealkylation sites (N-methyl/N-ethyl adjacent to an activating group) is 1. The number of carbonyl (C=O) groups excluding carboxylic acids is 1. The zero-order valence-electron chi connectivity index (χ0n) is 16.6. The van der Waals surface area contributed by atoms with Crippen molar-refractivity contribution in [3.05, 3.63) is 40.0 Å². The summed E-state index contributed by atoms with van der Waals surface area (Å²) in [5, 5.41) is 9.75. The molecule has 28 heavy (non-hydrogen) atoms. The van der Waals surface area contributed by atoms with E-state index in [1.54, 1.807) is 17.4 Å². The minimum absolute atomic E-state index is 0.0182. The average molecular weight is 416 g/mol. The molecule has 2 aromatic rings. The van der Waals surface area contributed by atoms with Gasteiger partial charge in [-0.2, -0.15) is 0 Å². The third-order valence-electron chi connectivity index (χ3n) is 3.59. The Labute approximate surface area is 174 Å². The highest BCUT2D eigenvalue weighted by Gasteiger charge is 2.14.